The quantitative estimate of drug-likeness (QED) is 0.510. The number of anilines is 1. The van der Waals surface area contributed by atoms with Crippen molar-refractivity contribution in [1.82, 2.24) is 10.2 Å². The number of nitrogens with zero attached hydrogens (tertiary/aromatic N) is 2. The first-order valence-corrected chi connectivity index (χ1v) is 13.5. The van der Waals surface area contributed by atoms with Crippen molar-refractivity contribution >= 4 is 39.1 Å². The lowest BCUT2D eigenvalue weighted by Gasteiger charge is -2.34. The molecule has 10 heteroatoms. The van der Waals surface area contributed by atoms with Crippen LogP contribution in [0.2, 0.25) is 5.02 Å². The van der Waals surface area contributed by atoms with E-state index >= 15 is 0 Å². The van der Waals surface area contributed by atoms with Gasteiger partial charge in [0.1, 0.15) is 18.3 Å². The van der Waals surface area contributed by atoms with Crippen LogP contribution in [0.1, 0.15) is 39.7 Å². The number of carbonyl (C=O) groups is 2. The highest BCUT2D eigenvalue weighted by atomic mass is 35.5. The van der Waals surface area contributed by atoms with E-state index in [1.54, 1.807) is 49.4 Å². The van der Waals surface area contributed by atoms with Gasteiger partial charge in [-0.05, 0) is 51.0 Å². The summed E-state index contributed by atoms with van der Waals surface area (Å²) in [5.41, 5.74) is 0.421. The number of hydrogen-bond acceptors (Lipinski definition) is 5. The summed E-state index contributed by atoms with van der Waals surface area (Å²) in [5.74, 6) is -0.408. The summed E-state index contributed by atoms with van der Waals surface area (Å²) in [7, 11) is -2.36. The molecule has 2 aromatic carbocycles. The molecule has 1 atom stereocenters. The third-order valence-electron chi connectivity index (χ3n) is 5.20. The van der Waals surface area contributed by atoms with Crippen LogP contribution in [-0.2, 0) is 26.2 Å². The van der Waals surface area contributed by atoms with Gasteiger partial charge in [0.05, 0.1) is 19.1 Å². The Morgan fingerprint density at radius 3 is 2.31 bits per heavy atom. The molecule has 8 nitrogen and oxygen atoms in total. The minimum Gasteiger partial charge on any atom is -0.497 e. The van der Waals surface area contributed by atoms with Gasteiger partial charge in [0.2, 0.25) is 21.8 Å². The molecule has 0 aromatic heterocycles. The Balaban J connectivity index is 2.49. The highest BCUT2D eigenvalue weighted by Gasteiger charge is 2.33. The number of halogens is 1. The zero-order valence-corrected chi connectivity index (χ0v) is 22.6. The van der Waals surface area contributed by atoms with Crippen molar-refractivity contribution in [3.05, 3.63) is 59.1 Å². The highest BCUT2D eigenvalue weighted by molar-refractivity contribution is 7.92. The molecule has 0 aliphatic rings. The lowest BCUT2D eigenvalue weighted by atomic mass is 10.1. The maximum atomic E-state index is 13.7. The SMILES string of the molecule is CCC(C(=O)NC(C)(C)C)N(Cc1ccccc1Cl)C(=O)CN(c1cccc(OC)c1)S(C)(=O)=O. The summed E-state index contributed by atoms with van der Waals surface area (Å²) in [6.45, 7) is 6.92. The van der Waals surface area contributed by atoms with Crippen molar-refractivity contribution in [1.29, 1.82) is 0 Å². The lowest BCUT2D eigenvalue weighted by molar-refractivity contribution is -0.141. The molecule has 0 saturated carbocycles. The number of hydrogen-bond donors (Lipinski definition) is 1. The smallest absolute Gasteiger partial charge is 0.244 e. The van der Waals surface area contributed by atoms with Gasteiger partial charge in [0, 0.05) is 23.2 Å². The van der Waals surface area contributed by atoms with Crippen LogP contribution < -0.4 is 14.4 Å². The normalized spacial score (nSPS) is 12.5. The van der Waals surface area contributed by atoms with E-state index in [1.165, 1.54) is 18.1 Å². The molecular weight excluding hydrogens is 490 g/mol. The molecule has 1 N–H and O–H groups in total. The van der Waals surface area contributed by atoms with E-state index in [2.05, 4.69) is 5.32 Å². The average molecular weight is 524 g/mol. The predicted molar refractivity (Wildman–Crippen MR) is 139 cm³/mol. The number of carbonyl (C=O) groups excluding carboxylic acids is 2. The summed E-state index contributed by atoms with van der Waals surface area (Å²) in [6, 6.07) is 12.7. The predicted octanol–water partition coefficient (Wildman–Crippen LogP) is 3.84. The van der Waals surface area contributed by atoms with Gasteiger partial charge in [0.25, 0.3) is 0 Å². The fourth-order valence-electron chi connectivity index (χ4n) is 3.56. The van der Waals surface area contributed by atoms with Crippen molar-refractivity contribution in [2.24, 2.45) is 0 Å². The Morgan fingerprint density at radius 1 is 1.11 bits per heavy atom. The largest absolute Gasteiger partial charge is 0.497 e. The number of methoxy groups -OCH3 is 1. The standard InChI is InChI=1S/C25H34ClN3O5S/c1-7-22(24(31)27-25(2,3)4)28(16-18-11-8-9-14-21(18)26)23(30)17-29(35(6,32)33)19-12-10-13-20(15-19)34-5/h8-15,22H,7,16-17H2,1-6H3,(H,27,31). The van der Waals surface area contributed by atoms with E-state index in [-0.39, 0.29) is 18.1 Å². The Labute approximate surface area is 213 Å². The van der Waals surface area contributed by atoms with E-state index in [0.29, 0.717) is 22.8 Å². The average Bonchev–Trinajstić information content (AvgIpc) is 2.76. The lowest BCUT2D eigenvalue weighted by Crippen LogP contribution is -2.55. The molecule has 2 aromatic rings. The van der Waals surface area contributed by atoms with Crippen molar-refractivity contribution in [2.75, 3.05) is 24.2 Å². The Hall–Kier alpha value is -2.78. The zero-order chi connectivity index (χ0) is 26.4. The summed E-state index contributed by atoms with van der Waals surface area (Å²) >= 11 is 6.36. The van der Waals surface area contributed by atoms with E-state index in [1.807, 2.05) is 20.8 Å². The van der Waals surface area contributed by atoms with Crippen LogP contribution in [0.4, 0.5) is 5.69 Å². The number of sulfonamides is 1. The van der Waals surface area contributed by atoms with Crippen LogP contribution in [0.15, 0.2) is 48.5 Å². The molecule has 0 bridgehead atoms. The molecule has 2 rings (SSSR count). The number of nitrogens with one attached hydrogen (secondary N) is 1. The number of rotatable bonds is 10. The Bertz CT molecular complexity index is 1150. The van der Waals surface area contributed by atoms with Gasteiger partial charge in [-0.2, -0.15) is 0 Å². The van der Waals surface area contributed by atoms with Gasteiger partial charge in [-0.1, -0.05) is 42.8 Å². The van der Waals surface area contributed by atoms with Crippen LogP contribution in [0.3, 0.4) is 0 Å². The number of amides is 2. The fraction of sp³-hybridized carbons (Fsp3) is 0.440. The minimum atomic E-state index is -3.83. The van der Waals surface area contributed by atoms with Gasteiger partial charge in [0.15, 0.2) is 0 Å². The molecule has 0 aliphatic heterocycles. The maximum absolute atomic E-state index is 13.7. The maximum Gasteiger partial charge on any atom is 0.244 e. The van der Waals surface area contributed by atoms with Crippen molar-refractivity contribution in [3.63, 3.8) is 0 Å². The Morgan fingerprint density at radius 2 is 1.77 bits per heavy atom. The summed E-state index contributed by atoms with van der Waals surface area (Å²) in [6.07, 6.45) is 1.36. The third-order valence-corrected chi connectivity index (χ3v) is 6.71. The summed E-state index contributed by atoms with van der Waals surface area (Å²) in [4.78, 5) is 28.2. The van der Waals surface area contributed by atoms with Crippen LogP contribution in [0, 0.1) is 0 Å². The monoisotopic (exact) mass is 523 g/mol. The summed E-state index contributed by atoms with van der Waals surface area (Å²) < 4.78 is 31.6. The zero-order valence-electron chi connectivity index (χ0n) is 21.0. The molecular formula is C25H34ClN3O5S. The van der Waals surface area contributed by atoms with Crippen LogP contribution >= 0.6 is 11.6 Å². The van der Waals surface area contributed by atoms with E-state index < -0.39 is 34.1 Å². The molecule has 1 unspecified atom stereocenters. The van der Waals surface area contributed by atoms with Crippen molar-refractivity contribution < 1.29 is 22.7 Å². The second-order valence-electron chi connectivity index (χ2n) is 9.25. The van der Waals surface area contributed by atoms with Gasteiger partial charge in [-0.25, -0.2) is 8.42 Å². The molecule has 0 spiro atoms. The molecule has 0 fully saturated rings. The van der Waals surface area contributed by atoms with E-state index in [9.17, 15) is 18.0 Å². The molecule has 2 amide bonds. The number of benzene rings is 2. The molecule has 0 aliphatic carbocycles. The van der Waals surface area contributed by atoms with Crippen molar-refractivity contribution in [3.8, 4) is 5.75 Å². The number of ether oxygens (including phenoxy) is 1. The van der Waals surface area contributed by atoms with Gasteiger partial charge < -0.3 is 15.0 Å². The molecule has 35 heavy (non-hydrogen) atoms. The van der Waals surface area contributed by atoms with Gasteiger partial charge >= 0.3 is 0 Å². The van der Waals surface area contributed by atoms with Crippen LogP contribution in [0.25, 0.3) is 0 Å². The first-order chi connectivity index (χ1) is 16.3. The van der Waals surface area contributed by atoms with Crippen LogP contribution in [-0.4, -0.2) is 56.6 Å². The first kappa shape index (κ1) is 28.5. The highest BCUT2D eigenvalue weighted by Crippen LogP contribution is 2.25. The van der Waals surface area contributed by atoms with Gasteiger partial charge in [-0.15, -0.1) is 0 Å². The molecule has 0 radical (unpaired) electrons. The molecule has 0 heterocycles. The molecule has 0 saturated heterocycles. The first-order valence-electron chi connectivity index (χ1n) is 11.2. The molecule has 192 valence electrons. The third kappa shape index (κ3) is 8.14. The summed E-state index contributed by atoms with van der Waals surface area (Å²) in [5, 5.41) is 3.37. The Kier molecular flexibility index (Phi) is 9.57. The second kappa shape index (κ2) is 11.8. The topological polar surface area (TPSA) is 96.0 Å². The van der Waals surface area contributed by atoms with Crippen molar-refractivity contribution in [2.45, 2.75) is 52.2 Å². The van der Waals surface area contributed by atoms with Crippen LogP contribution in [0.5, 0.6) is 5.75 Å². The fourth-order valence-corrected chi connectivity index (χ4v) is 4.60. The van der Waals surface area contributed by atoms with E-state index in [0.717, 1.165) is 10.6 Å². The van der Waals surface area contributed by atoms with Gasteiger partial charge in [-0.3, -0.25) is 13.9 Å². The minimum absolute atomic E-state index is 0.0459. The van der Waals surface area contributed by atoms with E-state index in [4.69, 9.17) is 16.3 Å². The second-order valence-corrected chi connectivity index (χ2v) is 11.6.